The second-order valence-electron chi connectivity index (χ2n) is 0. The second kappa shape index (κ2) is 1890. The molecule has 39 nitrogen and oxygen atoms in total. The number of hydrogen-bond acceptors (Lipinski definition) is 0. The SMILES string of the molecule is O.O.O.O.O.O.O.O.O.O.O.O.O.O.O.O.O.O.O.O.O.O.O.O.O.O.O.O.O.O.O.O.O.O.O.O.O.O.O.[Na+].[Na+].[Na+].[Na+].[Na+].[Na+].[Na+].[W].[W].[W].[W].[W].[W].[W].[W].[W].[W].[W]. The average molecular weight is 2890 g/mol. The van der Waals surface area contributed by atoms with Crippen LogP contribution in [0.4, 0.5) is 0 Å². The van der Waals surface area contributed by atoms with Crippen molar-refractivity contribution in [2.75, 3.05) is 0 Å². The van der Waals surface area contributed by atoms with E-state index in [2.05, 4.69) is 0 Å². The summed E-state index contributed by atoms with van der Waals surface area (Å²) in [6, 6.07) is 0. The third kappa shape index (κ3) is 1830. The summed E-state index contributed by atoms with van der Waals surface area (Å²) in [5.74, 6) is 0. The van der Waals surface area contributed by atoms with Gasteiger partial charge in [-0.1, -0.05) is 0 Å². The Labute approximate surface area is 638 Å². The molecule has 0 unspecified atom stereocenters. The van der Waals surface area contributed by atoms with E-state index in [0.717, 1.165) is 0 Å². The van der Waals surface area contributed by atoms with Gasteiger partial charge < -0.3 is 214 Å². The van der Waals surface area contributed by atoms with E-state index in [0.29, 0.717) is 0 Å². The second-order valence-corrected chi connectivity index (χ2v) is 0. The molecule has 78 N–H and O–H groups in total. The summed E-state index contributed by atoms with van der Waals surface area (Å²) in [5.41, 5.74) is 0. The normalized spacial score (nSPS) is 0. The Morgan fingerprint density at radius 2 is 0.0526 bits per heavy atom. The third-order valence-electron chi connectivity index (χ3n) is 0. The van der Waals surface area contributed by atoms with Crippen LogP contribution in [0, 0.1) is 0 Å². The van der Waals surface area contributed by atoms with Crippen molar-refractivity contribution in [1.82, 2.24) is 0 Å². The Balaban J connectivity index is 0. The standard InChI is InChI=1S/7Na.39H2O.11W/h;;;;;;;39*1H2;;;;;;;;;;;/q7*+1;;;;;;;;;;;;;;;;;;;;;;;;;;;;;;;;;;;;;;;;;;;;;;;;;;. The van der Waals surface area contributed by atoms with Crippen molar-refractivity contribution >= 4 is 0 Å². The molecule has 0 aromatic heterocycles. The van der Waals surface area contributed by atoms with Gasteiger partial charge in [-0.2, -0.15) is 0 Å². The monoisotopic (exact) mass is 2890 g/mol. The van der Waals surface area contributed by atoms with Crippen LogP contribution < -0.4 is 207 Å². The van der Waals surface area contributed by atoms with Crippen molar-refractivity contribution in [1.29, 1.82) is 0 Å². The fourth-order valence-corrected chi connectivity index (χ4v) is 0. The maximum atomic E-state index is 0. The summed E-state index contributed by atoms with van der Waals surface area (Å²) in [4.78, 5) is 0. The van der Waals surface area contributed by atoms with Crippen LogP contribution in [0.5, 0.6) is 0 Å². The zero-order chi connectivity index (χ0) is 0. The summed E-state index contributed by atoms with van der Waals surface area (Å²) in [7, 11) is 0. The van der Waals surface area contributed by atoms with Crippen LogP contribution in [0.2, 0.25) is 0 Å². The van der Waals surface area contributed by atoms with E-state index < -0.39 is 0 Å². The summed E-state index contributed by atoms with van der Waals surface area (Å²) in [6.45, 7) is 0. The summed E-state index contributed by atoms with van der Waals surface area (Å²) < 4.78 is 0. The fraction of sp³-hybridized carbons (Fsp3) is 0. The minimum absolute atomic E-state index is 0. The Bertz CT molecular complexity index is 68.6. The van der Waals surface area contributed by atoms with Crippen molar-refractivity contribution in [3.63, 3.8) is 0 Å². The minimum atomic E-state index is 0. The first-order valence-corrected chi connectivity index (χ1v) is 0. The molecule has 0 heterocycles. The molecule has 0 aliphatic heterocycles. The first-order valence-electron chi connectivity index (χ1n) is 0. The van der Waals surface area contributed by atoms with Gasteiger partial charge in [-0.05, 0) is 0 Å². The van der Waals surface area contributed by atoms with Gasteiger partial charge in [0.05, 0.1) is 0 Å². The maximum Gasteiger partial charge on any atom is 1.00 e. The number of hydrogen-bond donors (Lipinski definition) is 0. The molecule has 0 aliphatic rings. The van der Waals surface area contributed by atoms with Gasteiger partial charge in [0.1, 0.15) is 0 Å². The first-order chi connectivity index (χ1) is 0. The Kier molecular flexibility index (Phi) is 65200. The van der Waals surface area contributed by atoms with Gasteiger partial charge in [-0.3, -0.25) is 0 Å². The minimum Gasteiger partial charge on any atom is -0.412 e. The maximum absolute atomic E-state index is 0. The molecule has 0 spiro atoms. The van der Waals surface area contributed by atoms with Gasteiger partial charge in [-0.15, -0.1) is 0 Å². The van der Waals surface area contributed by atoms with Crippen molar-refractivity contribution < 1.29 is 652 Å². The molecule has 0 rings (SSSR count). The van der Waals surface area contributed by atoms with E-state index in [-0.39, 0.29) is 652 Å². The molecular formula is H78Na7O39W11+7. The van der Waals surface area contributed by atoms with Gasteiger partial charge in [0.2, 0.25) is 0 Å². The molecule has 0 aromatic rings. The van der Waals surface area contributed by atoms with Crippen LogP contribution in [0.3, 0.4) is 0 Å². The molecule has 0 atom stereocenters. The van der Waals surface area contributed by atoms with Crippen molar-refractivity contribution in [2.24, 2.45) is 0 Å². The zero-order valence-corrected chi connectivity index (χ0v) is 77.3. The first kappa shape index (κ1) is 1970. The fourth-order valence-electron chi connectivity index (χ4n) is 0. The molecule has 57 heavy (non-hydrogen) atoms. The Hall–Kier alpha value is 13.0. The topological polar surface area (TPSA) is 1230 Å². The Morgan fingerprint density at radius 1 is 0.0526 bits per heavy atom. The van der Waals surface area contributed by atoms with Crippen LogP contribution >= 0.6 is 0 Å². The summed E-state index contributed by atoms with van der Waals surface area (Å²) in [6.07, 6.45) is 0. The van der Waals surface area contributed by atoms with Crippen LogP contribution in [-0.4, -0.2) is 214 Å². The predicted molar refractivity (Wildman–Crippen MR) is 141 cm³/mol. The molecule has 0 radical (unpaired) electrons. The van der Waals surface area contributed by atoms with Crippen molar-refractivity contribution in [2.45, 2.75) is 0 Å². The van der Waals surface area contributed by atoms with Gasteiger partial charge in [0.15, 0.2) is 0 Å². The smallest absolute Gasteiger partial charge is 0.412 e. The van der Waals surface area contributed by atoms with Crippen LogP contribution in [0.15, 0.2) is 0 Å². The molecule has 0 aliphatic carbocycles. The number of rotatable bonds is 0. The van der Waals surface area contributed by atoms with Crippen LogP contribution in [-0.2, 0) is 232 Å². The molecule has 0 aromatic carbocycles. The quantitative estimate of drug-likeness (QED) is 0.204. The largest absolute Gasteiger partial charge is 1.00 e. The molecule has 0 bridgehead atoms. The van der Waals surface area contributed by atoms with Gasteiger partial charge in [0, 0.05) is 232 Å². The molecule has 378 valence electrons. The van der Waals surface area contributed by atoms with Crippen LogP contribution in [0.25, 0.3) is 0 Å². The summed E-state index contributed by atoms with van der Waals surface area (Å²) in [5, 5.41) is 0. The molecule has 0 fully saturated rings. The molecule has 0 amide bonds. The average Bonchev–Trinajstić information content (AvgIpc) is 0. The van der Waals surface area contributed by atoms with E-state index in [1.165, 1.54) is 0 Å². The van der Waals surface area contributed by atoms with E-state index in [9.17, 15) is 0 Å². The van der Waals surface area contributed by atoms with E-state index >= 15 is 0 Å². The van der Waals surface area contributed by atoms with E-state index in [1.54, 1.807) is 0 Å². The Morgan fingerprint density at radius 3 is 0.0526 bits per heavy atom. The van der Waals surface area contributed by atoms with Crippen molar-refractivity contribution in [3.05, 3.63) is 0 Å². The van der Waals surface area contributed by atoms with Crippen LogP contribution in [0.1, 0.15) is 0 Å². The molecular weight excluding hydrogens is 2810 g/mol. The van der Waals surface area contributed by atoms with Gasteiger partial charge >= 0.3 is 207 Å². The molecule has 57 heteroatoms. The van der Waals surface area contributed by atoms with Crippen molar-refractivity contribution in [3.8, 4) is 0 Å². The van der Waals surface area contributed by atoms with E-state index in [4.69, 9.17) is 0 Å². The summed E-state index contributed by atoms with van der Waals surface area (Å²) >= 11 is 0. The van der Waals surface area contributed by atoms with Gasteiger partial charge in [-0.25, -0.2) is 0 Å². The molecule has 0 saturated heterocycles. The van der Waals surface area contributed by atoms with Gasteiger partial charge in [0.25, 0.3) is 0 Å². The molecule has 0 saturated carbocycles. The predicted octanol–water partition coefficient (Wildman–Crippen LogP) is -53.2. The van der Waals surface area contributed by atoms with E-state index in [1.807, 2.05) is 0 Å². The third-order valence-corrected chi connectivity index (χ3v) is 0. The zero-order valence-electron chi connectivity index (χ0n) is 31.0.